The van der Waals surface area contributed by atoms with Crippen molar-refractivity contribution in [3.05, 3.63) is 0 Å². The van der Waals surface area contributed by atoms with Crippen molar-refractivity contribution in [2.75, 3.05) is 0 Å². The SMILES string of the molecule is [V].[V].[V].[V].[V].[V].[V].[V].[V].[V].[V].[V].[V].[V].[V].[V].[V].[V].[V].[V].[V].[V].[V].[V].[V].[V].[V].[V].[V].[V].[V].[V].[V].[V].[V].[V].[V].[V].[V].[V].[V].[V].[V].[V].[V].[V].[V].[V].[V].[V].[V].[V].[V].[V].[V].[V].[V].[V].[V].[V].[V].[V].[V].[V].[V].[V].[V].[V].[V].[V].[V].[V].[V].[V].[V].[V].[V].[V].[V].[V].[V].[V].[V].[V].[V].[V].[V].[V].[V].[V].[V].[V].[V].[V].[V].[V].[V].[V].[V].[V].[V].[V].[V].[V].[V].[V]. The van der Waals surface area contributed by atoms with Gasteiger partial charge in [-0.25, -0.2) is 0 Å². The third-order valence-corrected chi connectivity index (χ3v) is 0. The van der Waals surface area contributed by atoms with Gasteiger partial charge in [0.25, 0.3) is 0 Å². The van der Waals surface area contributed by atoms with E-state index in [0.717, 1.165) is 0 Å². The second-order valence-electron chi connectivity index (χ2n) is 0. The van der Waals surface area contributed by atoms with Crippen LogP contribution >= 0.6 is 0 Å². The average molecular weight is 5400 g/mol. The zero-order valence-corrected chi connectivity index (χ0v) is 195. The number of rotatable bonds is 0. The molecular weight excluding hydrogens is 5400 g/mol. The molecule has 0 heterocycles. The summed E-state index contributed by atoms with van der Waals surface area (Å²) in [4.78, 5) is 0. The average Bonchev–Trinajstić information content (AvgIpc) is 0. The van der Waals surface area contributed by atoms with E-state index in [-0.39, 0.29) is 1970 Å². The summed E-state index contributed by atoms with van der Waals surface area (Å²) in [5.74, 6) is 0. The predicted molar refractivity (Wildman–Crippen MR) is 0 cm³/mol. The second kappa shape index (κ2) is 1200. The number of hydrogen-bond acceptors (Lipinski definition) is 0. The van der Waals surface area contributed by atoms with Crippen molar-refractivity contribution in [3.8, 4) is 0 Å². The molecule has 0 nitrogen and oxygen atoms in total. The van der Waals surface area contributed by atoms with E-state index < -0.39 is 0 Å². The molecule has 106 heavy (non-hydrogen) atoms. The Balaban J connectivity index is 0. The van der Waals surface area contributed by atoms with E-state index in [4.69, 9.17) is 0 Å². The van der Waals surface area contributed by atoms with E-state index >= 15 is 0 Å². The topological polar surface area (TPSA) is 0 Å². The summed E-state index contributed by atoms with van der Waals surface area (Å²) in [6.45, 7) is 0. The molecule has 0 atom stereocenters. The van der Waals surface area contributed by atoms with Gasteiger partial charge < -0.3 is 0 Å². The Morgan fingerprint density at radius 3 is 0.00943 bits per heavy atom. The van der Waals surface area contributed by atoms with Gasteiger partial charge >= 0.3 is 0 Å². The van der Waals surface area contributed by atoms with Crippen LogP contribution in [-0.2, 0) is 1970 Å². The first-order chi connectivity index (χ1) is 0. The molecule has 530 valence electrons. The number of hydrogen-bond donors (Lipinski definition) is 0. The predicted octanol–water partition coefficient (Wildman–Crippen LogP) is -0.265. The van der Waals surface area contributed by atoms with Crippen LogP contribution in [0.25, 0.3) is 0 Å². The normalized spacial score (nSPS) is 0. The van der Waals surface area contributed by atoms with Crippen LogP contribution in [0.5, 0.6) is 0 Å². The van der Waals surface area contributed by atoms with Crippen LogP contribution in [0.15, 0.2) is 0 Å². The quantitative estimate of drug-likeness (QED) is 0.314. The summed E-state index contributed by atoms with van der Waals surface area (Å²) in [5.41, 5.74) is 0. The van der Waals surface area contributed by atoms with E-state index in [1.807, 2.05) is 0 Å². The van der Waals surface area contributed by atoms with Crippen molar-refractivity contribution >= 4 is 0 Å². The van der Waals surface area contributed by atoms with Gasteiger partial charge in [-0.05, 0) is 0 Å². The van der Waals surface area contributed by atoms with E-state index in [0.29, 0.717) is 0 Å². The first-order valence-electron chi connectivity index (χ1n) is 0. The molecule has 0 aromatic rings. The maximum atomic E-state index is 0. The summed E-state index contributed by atoms with van der Waals surface area (Å²) in [6, 6.07) is 0. The van der Waals surface area contributed by atoms with Crippen molar-refractivity contribution in [2.45, 2.75) is 0 Å². The molecule has 106 heteroatoms. The maximum Gasteiger partial charge on any atom is 0 e. The zero-order valence-electron chi connectivity index (χ0n) is 47.4. The molecule has 0 saturated heterocycles. The van der Waals surface area contributed by atoms with E-state index in [9.17, 15) is 0 Å². The monoisotopic (exact) mass is 5400 g/mol. The van der Waals surface area contributed by atoms with Crippen molar-refractivity contribution in [3.63, 3.8) is 0 Å². The van der Waals surface area contributed by atoms with Gasteiger partial charge in [0, 0.05) is 1970 Å². The van der Waals surface area contributed by atoms with Crippen LogP contribution in [-0.4, -0.2) is 0 Å². The molecule has 0 bridgehead atoms. The van der Waals surface area contributed by atoms with E-state index in [1.54, 1.807) is 0 Å². The van der Waals surface area contributed by atoms with E-state index in [2.05, 4.69) is 0 Å². The molecule has 0 N–H and O–H groups in total. The fourth-order valence-corrected chi connectivity index (χ4v) is 0. The Hall–Kier alpha value is 61.9. The van der Waals surface area contributed by atoms with Gasteiger partial charge in [0.15, 0.2) is 0 Å². The van der Waals surface area contributed by atoms with Gasteiger partial charge in [0.05, 0.1) is 0 Å². The zero-order chi connectivity index (χ0) is 0. The van der Waals surface area contributed by atoms with Crippen LogP contribution in [0.1, 0.15) is 0 Å². The fourth-order valence-electron chi connectivity index (χ4n) is 0. The van der Waals surface area contributed by atoms with Gasteiger partial charge in [-0.1, -0.05) is 0 Å². The minimum atomic E-state index is 0. The van der Waals surface area contributed by atoms with Crippen molar-refractivity contribution in [2.24, 2.45) is 0 Å². The molecule has 0 aliphatic rings. The van der Waals surface area contributed by atoms with Crippen LogP contribution < -0.4 is 0 Å². The van der Waals surface area contributed by atoms with Crippen LogP contribution in [0, 0.1) is 0 Å². The van der Waals surface area contributed by atoms with Crippen molar-refractivity contribution in [1.82, 2.24) is 0 Å². The standard InChI is InChI=1S/106V. The molecule has 0 fully saturated rings. The molecule has 0 saturated carbocycles. The van der Waals surface area contributed by atoms with Gasteiger partial charge in [-0.2, -0.15) is 0 Å². The Kier molecular flexibility index (Phi) is 13800. The second-order valence-corrected chi connectivity index (χ2v) is 0. The Morgan fingerprint density at radius 2 is 0.00943 bits per heavy atom. The first kappa shape index (κ1) is 1220. The third-order valence-electron chi connectivity index (χ3n) is 0. The van der Waals surface area contributed by atoms with E-state index in [1.165, 1.54) is 0 Å². The third kappa shape index (κ3) is 1180. The molecule has 0 rings (SSSR count). The van der Waals surface area contributed by atoms with Crippen LogP contribution in [0.4, 0.5) is 0 Å². The molecule has 106 radical (unpaired) electrons. The molecule has 0 aromatic carbocycles. The molecule has 0 spiro atoms. The van der Waals surface area contributed by atoms with Gasteiger partial charge in [0.2, 0.25) is 0 Å². The summed E-state index contributed by atoms with van der Waals surface area (Å²) < 4.78 is 0. The van der Waals surface area contributed by atoms with Gasteiger partial charge in [-0.3, -0.25) is 0 Å². The van der Waals surface area contributed by atoms with Gasteiger partial charge in [-0.15, -0.1) is 0 Å². The Labute approximate surface area is 1910 Å². The summed E-state index contributed by atoms with van der Waals surface area (Å²) in [7, 11) is 0. The maximum absolute atomic E-state index is 0. The largest absolute Gasteiger partial charge is 0 e. The minimum absolute atomic E-state index is 0. The molecule has 0 unspecified atom stereocenters. The molecule has 0 aliphatic heterocycles. The van der Waals surface area contributed by atoms with Crippen molar-refractivity contribution in [1.29, 1.82) is 0 Å². The summed E-state index contributed by atoms with van der Waals surface area (Å²) in [6.07, 6.45) is 0. The van der Waals surface area contributed by atoms with Crippen molar-refractivity contribution < 1.29 is 1970 Å². The molecule has 0 aliphatic carbocycles. The smallest absolute Gasteiger partial charge is 0 e. The Morgan fingerprint density at radius 1 is 0.00943 bits per heavy atom. The molecule has 0 aromatic heterocycles. The minimum Gasteiger partial charge on any atom is 0 e. The summed E-state index contributed by atoms with van der Waals surface area (Å²) >= 11 is 0. The molecular formula is V106. The molecule has 0 amide bonds. The fraction of sp³-hybridized carbons (Fsp3) is 0. The Bertz CT molecular complexity index is 0. The van der Waals surface area contributed by atoms with Gasteiger partial charge in [0.1, 0.15) is 0 Å². The van der Waals surface area contributed by atoms with Crippen LogP contribution in [0.2, 0.25) is 0 Å². The summed E-state index contributed by atoms with van der Waals surface area (Å²) in [5, 5.41) is 0. The first-order valence-corrected chi connectivity index (χ1v) is 0. The van der Waals surface area contributed by atoms with Crippen LogP contribution in [0.3, 0.4) is 0 Å².